The van der Waals surface area contributed by atoms with Crippen LogP contribution in [0.15, 0.2) is 29.8 Å². The van der Waals surface area contributed by atoms with Gasteiger partial charge < -0.3 is 10.1 Å². The van der Waals surface area contributed by atoms with E-state index in [0.29, 0.717) is 0 Å². The first-order valence-electron chi connectivity index (χ1n) is 7.71. The standard InChI is InChI=1S/C14H17NO3.C2H6/c1-2-7-15-14-5-3-12(4-6-14)8-13(9-16)10-18-11-17;1-2/h3-6,8-9,11,15H,2,7,10H2,1H3;1-2H3/b13-8+;/i9D,11D;. The molecule has 0 amide bonds. The summed E-state index contributed by atoms with van der Waals surface area (Å²) in [4.78, 5) is 21.5. The van der Waals surface area contributed by atoms with Gasteiger partial charge >= 0.3 is 0 Å². The fourth-order valence-corrected chi connectivity index (χ4v) is 1.38. The molecule has 1 N–H and O–H groups in total. The fraction of sp³-hybridized carbons (Fsp3) is 0.375. The second kappa shape index (κ2) is 12.0. The smallest absolute Gasteiger partial charge is 0.293 e. The van der Waals surface area contributed by atoms with E-state index in [-0.39, 0.29) is 12.2 Å². The van der Waals surface area contributed by atoms with Gasteiger partial charge in [0.05, 0.1) is 0 Å². The summed E-state index contributed by atoms with van der Waals surface area (Å²) in [7, 11) is 0. The second-order valence-electron chi connectivity index (χ2n) is 3.69. The summed E-state index contributed by atoms with van der Waals surface area (Å²) in [5, 5.41) is 3.22. The second-order valence-corrected chi connectivity index (χ2v) is 3.69. The Morgan fingerprint density at radius 3 is 2.45 bits per heavy atom. The number of rotatable bonds is 7. The third-order valence-electron chi connectivity index (χ3n) is 2.25. The fourth-order valence-electron chi connectivity index (χ4n) is 1.38. The lowest BCUT2D eigenvalue weighted by Crippen LogP contribution is -1.99. The van der Waals surface area contributed by atoms with Gasteiger partial charge in [-0.1, -0.05) is 32.9 Å². The van der Waals surface area contributed by atoms with Gasteiger partial charge in [0.2, 0.25) is 0 Å². The largest absolute Gasteiger partial charge is 0.463 e. The van der Waals surface area contributed by atoms with Crippen molar-refractivity contribution >= 4 is 24.5 Å². The van der Waals surface area contributed by atoms with Gasteiger partial charge in [-0.05, 0) is 30.2 Å². The molecule has 0 saturated heterocycles. The van der Waals surface area contributed by atoms with Crippen LogP contribution in [0.25, 0.3) is 6.08 Å². The van der Waals surface area contributed by atoms with Crippen molar-refractivity contribution in [1.29, 1.82) is 0 Å². The van der Waals surface area contributed by atoms with E-state index in [2.05, 4.69) is 17.0 Å². The number of anilines is 1. The molecule has 20 heavy (non-hydrogen) atoms. The molecule has 0 spiro atoms. The topological polar surface area (TPSA) is 55.4 Å². The van der Waals surface area contributed by atoms with Crippen LogP contribution in [0.3, 0.4) is 0 Å². The molecule has 0 unspecified atom stereocenters. The van der Waals surface area contributed by atoms with E-state index in [1.807, 2.05) is 26.0 Å². The summed E-state index contributed by atoms with van der Waals surface area (Å²) in [6.45, 7) is 6.59. The summed E-state index contributed by atoms with van der Waals surface area (Å²) in [6.07, 6.45) is 0.343. The van der Waals surface area contributed by atoms with E-state index < -0.39 is 12.7 Å². The van der Waals surface area contributed by atoms with Gasteiger partial charge in [0, 0.05) is 17.8 Å². The minimum atomic E-state index is -1.23. The molecule has 0 saturated carbocycles. The summed E-state index contributed by atoms with van der Waals surface area (Å²) in [5.41, 5.74) is 1.73. The van der Waals surface area contributed by atoms with Crippen LogP contribution in [-0.4, -0.2) is 25.9 Å². The van der Waals surface area contributed by atoms with Crippen molar-refractivity contribution in [2.75, 3.05) is 18.5 Å². The molecule has 110 valence electrons. The van der Waals surface area contributed by atoms with Crippen LogP contribution >= 0.6 is 0 Å². The highest BCUT2D eigenvalue weighted by molar-refractivity contribution is 5.82. The molecule has 0 bridgehead atoms. The molecule has 4 nitrogen and oxygen atoms in total. The molecule has 0 aliphatic rings. The number of ether oxygens (including phenoxy) is 1. The van der Waals surface area contributed by atoms with Crippen molar-refractivity contribution < 1.29 is 17.1 Å². The Morgan fingerprint density at radius 2 is 1.95 bits per heavy atom. The molecule has 1 aromatic carbocycles. The zero-order chi connectivity index (χ0) is 17.0. The first-order valence-corrected chi connectivity index (χ1v) is 6.71. The maximum atomic E-state index is 11.1. The van der Waals surface area contributed by atoms with E-state index >= 15 is 0 Å². The number of benzene rings is 1. The van der Waals surface area contributed by atoms with Crippen molar-refractivity contribution in [3.05, 3.63) is 35.4 Å². The number of hydrogen-bond acceptors (Lipinski definition) is 4. The van der Waals surface area contributed by atoms with E-state index in [1.165, 1.54) is 6.08 Å². The van der Waals surface area contributed by atoms with Crippen LogP contribution in [0.1, 0.15) is 35.5 Å². The zero-order valence-corrected chi connectivity index (χ0v) is 12.2. The molecule has 0 aromatic heterocycles. The highest BCUT2D eigenvalue weighted by Crippen LogP contribution is 2.12. The molecule has 1 aromatic rings. The Kier molecular flexibility index (Phi) is 8.56. The molecule has 1 rings (SSSR count). The van der Waals surface area contributed by atoms with Crippen LogP contribution in [0.5, 0.6) is 0 Å². The number of aldehydes is 1. The third kappa shape index (κ3) is 7.36. The Labute approximate surface area is 123 Å². The average molecular weight is 279 g/mol. The maximum Gasteiger partial charge on any atom is 0.293 e. The zero-order valence-electron chi connectivity index (χ0n) is 14.2. The average Bonchev–Trinajstić information content (AvgIpc) is 2.52. The van der Waals surface area contributed by atoms with Crippen molar-refractivity contribution in [3.8, 4) is 0 Å². The number of carbonyl (C=O) groups is 2. The van der Waals surface area contributed by atoms with E-state index in [4.69, 9.17) is 2.74 Å². The first kappa shape index (κ1) is 14.3. The van der Waals surface area contributed by atoms with E-state index in [1.54, 1.807) is 12.1 Å². The third-order valence-corrected chi connectivity index (χ3v) is 2.25. The Balaban J connectivity index is 0.00000211. The van der Waals surface area contributed by atoms with Crippen molar-refractivity contribution in [2.24, 2.45) is 0 Å². The molecule has 0 aliphatic heterocycles. The van der Waals surface area contributed by atoms with Gasteiger partial charge in [0.15, 0.2) is 1.37 Å². The molecular weight excluding hydrogens is 254 g/mol. The minimum Gasteiger partial charge on any atom is -0.463 e. The van der Waals surface area contributed by atoms with Gasteiger partial charge in [-0.3, -0.25) is 9.59 Å². The lowest BCUT2D eigenvalue weighted by molar-refractivity contribution is -0.127. The predicted molar refractivity (Wildman–Crippen MR) is 82.6 cm³/mol. The highest BCUT2D eigenvalue weighted by Gasteiger charge is 1.97. The predicted octanol–water partition coefficient (Wildman–Crippen LogP) is 3.29. The molecule has 0 atom stereocenters. The lowest BCUT2D eigenvalue weighted by atomic mass is 10.1. The molecule has 0 radical (unpaired) electrons. The highest BCUT2D eigenvalue weighted by atomic mass is 16.5. The summed E-state index contributed by atoms with van der Waals surface area (Å²) in [6, 6.07) is 7.32. The first-order chi connectivity index (χ1) is 10.5. The van der Waals surface area contributed by atoms with Crippen LogP contribution in [0.2, 0.25) is 0 Å². The maximum absolute atomic E-state index is 11.1. The SMILES string of the molecule is CC.[2H]C(=O)OC/C(=C/c1ccc(NCCC)cc1)C([2H])=O. The Bertz CT molecular complexity index is 499. The van der Waals surface area contributed by atoms with Crippen molar-refractivity contribution in [3.63, 3.8) is 0 Å². The van der Waals surface area contributed by atoms with Gasteiger partial charge in [-0.25, -0.2) is 0 Å². The summed E-state index contributed by atoms with van der Waals surface area (Å²) in [5.74, 6) is 0. The van der Waals surface area contributed by atoms with E-state index in [0.717, 1.165) is 24.2 Å². The normalized spacial score (nSPS) is 11.4. The number of nitrogens with one attached hydrogen (secondary N) is 1. The monoisotopic (exact) mass is 279 g/mol. The van der Waals surface area contributed by atoms with Crippen molar-refractivity contribution in [2.45, 2.75) is 27.2 Å². The Hall–Kier alpha value is -2.10. The van der Waals surface area contributed by atoms with E-state index in [9.17, 15) is 9.59 Å². The minimum absolute atomic E-state index is 0.0277. The van der Waals surface area contributed by atoms with Crippen LogP contribution in [-0.2, 0) is 14.3 Å². The van der Waals surface area contributed by atoms with Crippen molar-refractivity contribution in [1.82, 2.24) is 0 Å². The van der Waals surface area contributed by atoms with Crippen LogP contribution in [0.4, 0.5) is 5.69 Å². The number of hydrogen-bond donors (Lipinski definition) is 1. The quantitative estimate of drug-likeness (QED) is 0.614. The summed E-state index contributed by atoms with van der Waals surface area (Å²) < 4.78 is 18.1. The van der Waals surface area contributed by atoms with Gasteiger partial charge in [-0.15, -0.1) is 0 Å². The lowest BCUT2D eigenvalue weighted by Gasteiger charge is -2.05. The molecule has 0 aliphatic carbocycles. The number of carbonyl (C=O) groups excluding carboxylic acids is 2. The molecular formula is C16H23NO3. The van der Waals surface area contributed by atoms with Crippen LogP contribution in [0, 0.1) is 0 Å². The molecule has 4 heteroatoms. The van der Waals surface area contributed by atoms with Crippen LogP contribution < -0.4 is 5.32 Å². The molecule has 0 heterocycles. The molecule has 0 fully saturated rings. The van der Waals surface area contributed by atoms with Gasteiger partial charge in [-0.2, -0.15) is 0 Å². The summed E-state index contributed by atoms with van der Waals surface area (Å²) >= 11 is 0. The van der Waals surface area contributed by atoms with Gasteiger partial charge in [0.1, 0.15) is 14.2 Å². The Morgan fingerprint density at radius 1 is 1.30 bits per heavy atom. The van der Waals surface area contributed by atoms with Gasteiger partial charge in [0.25, 0.3) is 6.45 Å².